The average Bonchev–Trinajstić information content (AvgIpc) is 3.40. The maximum atomic E-state index is 12.4. The van der Waals surface area contributed by atoms with Crippen molar-refractivity contribution in [1.82, 2.24) is 5.32 Å². The fraction of sp³-hybridized carbons (Fsp3) is 0.882. The molecule has 0 aliphatic carbocycles. The van der Waals surface area contributed by atoms with Crippen molar-refractivity contribution in [2.75, 3.05) is 13.2 Å². The van der Waals surface area contributed by atoms with Gasteiger partial charge in [-0.05, 0) is 83.5 Å². The van der Waals surface area contributed by atoms with Crippen LogP contribution in [0.5, 0.6) is 0 Å². The highest BCUT2D eigenvalue weighted by Crippen LogP contribution is 2.18. The lowest BCUT2D eigenvalue weighted by Crippen LogP contribution is -2.45. The van der Waals surface area contributed by atoms with E-state index in [4.69, 9.17) is 4.74 Å². The summed E-state index contributed by atoms with van der Waals surface area (Å²) in [4.78, 5) is 24.5. The van der Waals surface area contributed by atoms with Crippen LogP contribution in [0.25, 0.3) is 0 Å². The minimum Gasteiger partial charge on any atom is -0.466 e. The topological polar surface area (TPSA) is 95.9 Å². The van der Waals surface area contributed by atoms with Crippen LogP contribution in [0.2, 0.25) is 0 Å². The first-order valence-corrected chi connectivity index (χ1v) is 33.2. The summed E-state index contributed by atoms with van der Waals surface area (Å²) in [6.45, 7) is 4.94. The lowest BCUT2D eigenvalue weighted by atomic mass is 10.0. The molecule has 1 amide bonds. The summed E-state index contributed by atoms with van der Waals surface area (Å²) >= 11 is 0. The number of carbonyl (C=O) groups excluding carboxylic acids is 2. The number of rotatable bonds is 62. The van der Waals surface area contributed by atoms with Crippen LogP contribution in [0, 0.1) is 0 Å². The molecule has 3 N–H and O–H groups in total. The summed E-state index contributed by atoms with van der Waals surface area (Å²) in [6.07, 6.45) is 80.5. The average molecular weight is 1040 g/mol. The Morgan fingerprint density at radius 3 is 1.04 bits per heavy atom. The van der Waals surface area contributed by atoms with Crippen LogP contribution >= 0.6 is 0 Å². The van der Waals surface area contributed by atoms with Crippen LogP contribution in [0.15, 0.2) is 36.5 Å². The third-order valence-corrected chi connectivity index (χ3v) is 15.4. The molecule has 2 unspecified atom stereocenters. The van der Waals surface area contributed by atoms with Gasteiger partial charge in [0.1, 0.15) is 0 Å². The normalized spacial score (nSPS) is 12.8. The summed E-state index contributed by atoms with van der Waals surface area (Å²) in [6, 6.07) is -0.540. The first-order chi connectivity index (χ1) is 36.5. The minimum absolute atomic E-state index is 0.0117. The van der Waals surface area contributed by atoms with Gasteiger partial charge in [-0.2, -0.15) is 0 Å². The Bertz CT molecular complexity index is 1200. The van der Waals surface area contributed by atoms with Gasteiger partial charge in [0.2, 0.25) is 5.91 Å². The van der Waals surface area contributed by atoms with Gasteiger partial charge in [-0.25, -0.2) is 0 Å². The van der Waals surface area contributed by atoms with Crippen molar-refractivity contribution in [2.45, 2.75) is 373 Å². The predicted octanol–water partition coefficient (Wildman–Crippen LogP) is 21.1. The van der Waals surface area contributed by atoms with Gasteiger partial charge in [-0.3, -0.25) is 9.59 Å². The third-order valence-electron chi connectivity index (χ3n) is 15.4. The Kier molecular flexibility index (Phi) is 62.0. The number of aliphatic hydroxyl groups excluding tert-OH is 2. The van der Waals surface area contributed by atoms with Gasteiger partial charge in [-0.1, -0.05) is 301 Å². The summed E-state index contributed by atoms with van der Waals surface area (Å²) in [5, 5.41) is 23.1. The molecule has 6 nitrogen and oxygen atoms in total. The molecule has 0 saturated heterocycles. The van der Waals surface area contributed by atoms with Crippen LogP contribution in [0.4, 0.5) is 0 Å². The molecule has 0 aliphatic rings. The number of amides is 1. The fourth-order valence-corrected chi connectivity index (χ4v) is 10.3. The summed E-state index contributed by atoms with van der Waals surface area (Å²) in [5.74, 6) is -0.0259. The van der Waals surface area contributed by atoms with Gasteiger partial charge in [0.05, 0.1) is 25.4 Å². The van der Waals surface area contributed by atoms with Crippen LogP contribution in [-0.2, 0) is 14.3 Å². The molecule has 0 spiro atoms. The lowest BCUT2D eigenvalue weighted by molar-refractivity contribution is -0.143. The highest BCUT2D eigenvalue weighted by atomic mass is 16.5. The molecule has 74 heavy (non-hydrogen) atoms. The molecule has 0 saturated carbocycles. The molecular formula is C68H129NO5. The van der Waals surface area contributed by atoms with Crippen LogP contribution < -0.4 is 5.32 Å². The summed E-state index contributed by atoms with van der Waals surface area (Å²) < 4.78 is 5.50. The van der Waals surface area contributed by atoms with E-state index in [-0.39, 0.29) is 18.5 Å². The van der Waals surface area contributed by atoms with Gasteiger partial charge in [0.15, 0.2) is 0 Å². The molecule has 0 heterocycles. The molecule has 0 aromatic rings. The Morgan fingerprint density at radius 2 is 0.676 bits per heavy atom. The van der Waals surface area contributed by atoms with Crippen molar-refractivity contribution in [2.24, 2.45) is 0 Å². The monoisotopic (exact) mass is 1040 g/mol. The zero-order valence-corrected chi connectivity index (χ0v) is 49.8. The van der Waals surface area contributed by atoms with E-state index in [0.29, 0.717) is 25.9 Å². The third kappa shape index (κ3) is 59.3. The van der Waals surface area contributed by atoms with Crippen LogP contribution in [-0.4, -0.2) is 47.4 Å². The van der Waals surface area contributed by atoms with E-state index >= 15 is 0 Å². The fourth-order valence-electron chi connectivity index (χ4n) is 10.3. The van der Waals surface area contributed by atoms with Gasteiger partial charge >= 0.3 is 5.97 Å². The van der Waals surface area contributed by atoms with Crippen molar-refractivity contribution in [3.05, 3.63) is 36.5 Å². The molecule has 2 atom stereocenters. The largest absolute Gasteiger partial charge is 0.466 e. The molecular weight excluding hydrogens is 911 g/mol. The number of ether oxygens (including phenoxy) is 1. The zero-order chi connectivity index (χ0) is 53.6. The van der Waals surface area contributed by atoms with Crippen molar-refractivity contribution in [3.63, 3.8) is 0 Å². The maximum absolute atomic E-state index is 12.4. The zero-order valence-electron chi connectivity index (χ0n) is 49.8. The van der Waals surface area contributed by atoms with Gasteiger partial charge in [0, 0.05) is 12.8 Å². The van der Waals surface area contributed by atoms with E-state index in [1.165, 1.54) is 276 Å². The first kappa shape index (κ1) is 72.1. The number of nitrogens with one attached hydrogen (secondary N) is 1. The number of esters is 1. The second-order valence-corrected chi connectivity index (χ2v) is 22.8. The molecule has 0 fully saturated rings. The van der Waals surface area contributed by atoms with E-state index < -0.39 is 12.1 Å². The molecule has 0 bridgehead atoms. The highest BCUT2D eigenvalue weighted by molar-refractivity contribution is 5.76. The van der Waals surface area contributed by atoms with Gasteiger partial charge in [-0.15, -0.1) is 0 Å². The molecule has 0 aromatic carbocycles. The SMILES string of the molecule is CCCCCCCC/C=C\CCCCCCCCCCCC(=O)OCCCCCCCCCCC/C=C\C/C=C\CCCCCCCCCCCCCCCC(=O)NC(CO)C(O)CCCCCCCCCCC. The van der Waals surface area contributed by atoms with Crippen LogP contribution in [0.3, 0.4) is 0 Å². The molecule has 436 valence electrons. The van der Waals surface area contributed by atoms with Crippen molar-refractivity contribution in [3.8, 4) is 0 Å². The summed E-state index contributed by atoms with van der Waals surface area (Å²) in [5.41, 5.74) is 0. The van der Waals surface area contributed by atoms with Crippen LogP contribution in [0.1, 0.15) is 361 Å². The maximum Gasteiger partial charge on any atom is 0.305 e. The van der Waals surface area contributed by atoms with Gasteiger partial charge in [0.25, 0.3) is 0 Å². The lowest BCUT2D eigenvalue weighted by Gasteiger charge is -2.22. The number of hydrogen-bond donors (Lipinski definition) is 3. The van der Waals surface area contributed by atoms with E-state index in [1.54, 1.807) is 0 Å². The van der Waals surface area contributed by atoms with E-state index in [0.717, 1.165) is 51.4 Å². The molecule has 0 aromatic heterocycles. The standard InChI is InChI=1S/C68H129NO5/c1-3-5-7-9-11-13-14-15-16-17-29-33-36-39-42-46-50-54-58-62-68(73)74-63-59-55-51-47-43-40-37-34-31-28-26-24-22-20-18-19-21-23-25-27-30-32-35-38-41-45-49-53-57-61-67(72)69-65(64-70)66(71)60-56-52-48-44-12-10-8-6-4-2/h15-16,18,20,24,26,65-66,70-71H,3-14,17,19,21-23,25,27-64H2,1-2H3,(H,69,72)/b16-15-,20-18-,26-24-. The Morgan fingerprint density at radius 1 is 0.378 bits per heavy atom. The molecule has 0 rings (SSSR count). The number of allylic oxidation sites excluding steroid dienone is 6. The van der Waals surface area contributed by atoms with Crippen molar-refractivity contribution in [1.29, 1.82) is 0 Å². The number of carbonyl (C=O) groups is 2. The first-order valence-electron chi connectivity index (χ1n) is 33.2. The van der Waals surface area contributed by atoms with Crippen molar-refractivity contribution < 1.29 is 24.5 Å². The number of unbranched alkanes of at least 4 members (excludes halogenated alkanes) is 45. The smallest absolute Gasteiger partial charge is 0.305 e. The Hall–Kier alpha value is -1.92. The van der Waals surface area contributed by atoms with E-state index in [9.17, 15) is 19.8 Å². The Labute approximate surface area is 462 Å². The minimum atomic E-state index is -0.663. The second kappa shape index (κ2) is 63.6. The number of hydrogen-bond acceptors (Lipinski definition) is 5. The highest BCUT2D eigenvalue weighted by Gasteiger charge is 2.20. The second-order valence-electron chi connectivity index (χ2n) is 22.8. The summed E-state index contributed by atoms with van der Waals surface area (Å²) in [7, 11) is 0. The van der Waals surface area contributed by atoms with Crippen molar-refractivity contribution >= 4 is 11.9 Å². The molecule has 0 aliphatic heterocycles. The predicted molar refractivity (Wildman–Crippen MR) is 324 cm³/mol. The quantitative estimate of drug-likeness (QED) is 0.0320. The van der Waals surface area contributed by atoms with E-state index in [1.807, 2.05) is 0 Å². The van der Waals surface area contributed by atoms with E-state index in [2.05, 4.69) is 55.6 Å². The van der Waals surface area contributed by atoms with Gasteiger partial charge < -0.3 is 20.3 Å². The molecule has 0 radical (unpaired) electrons. The Balaban J connectivity index is 3.36. The number of aliphatic hydroxyl groups is 2. The molecule has 6 heteroatoms.